The molecule has 4 nitrogen and oxygen atoms in total. The Bertz CT molecular complexity index is 468. The van der Waals surface area contributed by atoms with Crippen LogP contribution in [-0.2, 0) is 6.18 Å². The minimum Gasteiger partial charge on any atom is -0.478 e. The predicted octanol–water partition coefficient (Wildman–Crippen LogP) is 2.40. The number of alkyl halides is 3. The van der Waals surface area contributed by atoms with Crippen molar-refractivity contribution < 1.29 is 23.1 Å². The number of hydrogen-bond donors (Lipinski definition) is 1. The monoisotopic (exact) mass is 260 g/mol. The molecule has 1 aliphatic rings. The maximum Gasteiger partial charge on any atom is 0.434 e. The normalized spacial score (nSPS) is 16.1. The van der Waals surface area contributed by atoms with Crippen LogP contribution in [0.2, 0.25) is 0 Å². The number of nitrogens with zero attached hydrogens (tertiary/aromatic N) is 2. The molecule has 1 N–H and O–H groups in total. The van der Waals surface area contributed by atoms with Crippen LogP contribution in [0.5, 0.6) is 0 Å². The molecule has 1 saturated heterocycles. The Morgan fingerprint density at radius 1 is 1.28 bits per heavy atom. The lowest BCUT2D eigenvalue weighted by Gasteiger charge is -2.18. The molecular formula is C11H11F3N2O2. The molecule has 18 heavy (non-hydrogen) atoms. The molecule has 7 heteroatoms. The number of carboxylic acid groups (broad SMARTS) is 1. The van der Waals surface area contributed by atoms with E-state index in [0.29, 0.717) is 13.1 Å². The highest BCUT2D eigenvalue weighted by atomic mass is 19.4. The van der Waals surface area contributed by atoms with Crippen LogP contribution in [0.1, 0.15) is 28.9 Å². The molecular weight excluding hydrogens is 249 g/mol. The van der Waals surface area contributed by atoms with Crippen molar-refractivity contribution in [2.24, 2.45) is 0 Å². The number of carboxylic acids is 1. The molecule has 98 valence electrons. The van der Waals surface area contributed by atoms with Crippen molar-refractivity contribution in [3.63, 3.8) is 0 Å². The van der Waals surface area contributed by atoms with Crippen LogP contribution in [0, 0.1) is 0 Å². The highest BCUT2D eigenvalue weighted by molar-refractivity contribution is 5.89. The van der Waals surface area contributed by atoms with E-state index in [1.165, 1.54) is 6.07 Å². The standard InChI is InChI=1S/C11H11F3N2O2/c12-11(13,14)9-7(10(17)18)3-4-8(15-9)16-5-1-2-6-16/h3-4H,1-2,5-6H2,(H,17,18). The van der Waals surface area contributed by atoms with Crippen molar-refractivity contribution in [3.8, 4) is 0 Å². The number of anilines is 1. The number of rotatable bonds is 2. The third kappa shape index (κ3) is 2.39. The van der Waals surface area contributed by atoms with E-state index >= 15 is 0 Å². The lowest BCUT2D eigenvalue weighted by Crippen LogP contribution is -2.22. The zero-order chi connectivity index (χ0) is 13.3. The van der Waals surface area contributed by atoms with Crippen molar-refractivity contribution in [2.45, 2.75) is 19.0 Å². The molecule has 0 spiro atoms. The van der Waals surface area contributed by atoms with Gasteiger partial charge in [0.2, 0.25) is 0 Å². The van der Waals surface area contributed by atoms with Gasteiger partial charge in [-0.1, -0.05) is 0 Å². The molecule has 0 aromatic carbocycles. The molecule has 1 aliphatic heterocycles. The van der Waals surface area contributed by atoms with Gasteiger partial charge in [0.05, 0.1) is 5.56 Å². The first-order chi connectivity index (χ1) is 8.39. The molecule has 0 saturated carbocycles. The third-order valence-corrected chi connectivity index (χ3v) is 2.81. The number of pyridine rings is 1. The van der Waals surface area contributed by atoms with E-state index in [-0.39, 0.29) is 5.82 Å². The van der Waals surface area contributed by atoms with Gasteiger partial charge in [0, 0.05) is 13.1 Å². The van der Waals surface area contributed by atoms with E-state index in [0.717, 1.165) is 18.9 Å². The van der Waals surface area contributed by atoms with Gasteiger partial charge in [-0.25, -0.2) is 9.78 Å². The fourth-order valence-electron chi connectivity index (χ4n) is 1.96. The van der Waals surface area contributed by atoms with Crippen LogP contribution in [0.25, 0.3) is 0 Å². The lowest BCUT2D eigenvalue weighted by molar-refractivity contribution is -0.141. The second-order valence-corrected chi connectivity index (χ2v) is 4.06. The van der Waals surface area contributed by atoms with Gasteiger partial charge in [-0.3, -0.25) is 0 Å². The molecule has 0 atom stereocenters. The van der Waals surface area contributed by atoms with Gasteiger partial charge in [-0.05, 0) is 25.0 Å². The summed E-state index contributed by atoms with van der Waals surface area (Å²) in [5.41, 5.74) is -2.15. The predicted molar refractivity (Wildman–Crippen MR) is 57.6 cm³/mol. The second kappa shape index (κ2) is 4.47. The largest absolute Gasteiger partial charge is 0.478 e. The van der Waals surface area contributed by atoms with Gasteiger partial charge in [-0.2, -0.15) is 13.2 Å². The van der Waals surface area contributed by atoms with Crippen LogP contribution in [0.4, 0.5) is 19.0 Å². The smallest absolute Gasteiger partial charge is 0.434 e. The van der Waals surface area contributed by atoms with Gasteiger partial charge in [0.25, 0.3) is 0 Å². The first kappa shape index (κ1) is 12.7. The summed E-state index contributed by atoms with van der Waals surface area (Å²) in [5, 5.41) is 8.73. The van der Waals surface area contributed by atoms with Crippen molar-refractivity contribution in [1.29, 1.82) is 0 Å². The lowest BCUT2D eigenvalue weighted by atomic mass is 10.2. The number of aromatic carboxylic acids is 1. The van der Waals surface area contributed by atoms with Crippen LogP contribution < -0.4 is 4.90 Å². The Hall–Kier alpha value is -1.79. The summed E-state index contributed by atoms with van der Waals surface area (Å²) in [5.74, 6) is -1.44. The Kier molecular flexibility index (Phi) is 3.14. The van der Waals surface area contributed by atoms with E-state index in [9.17, 15) is 18.0 Å². The van der Waals surface area contributed by atoms with E-state index in [1.807, 2.05) is 0 Å². The third-order valence-electron chi connectivity index (χ3n) is 2.81. The fraction of sp³-hybridized carbons (Fsp3) is 0.455. The van der Waals surface area contributed by atoms with Crippen molar-refractivity contribution >= 4 is 11.8 Å². The molecule has 1 aromatic heterocycles. The summed E-state index contributed by atoms with van der Waals surface area (Å²) < 4.78 is 38.2. The topological polar surface area (TPSA) is 53.4 Å². The zero-order valence-corrected chi connectivity index (χ0v) is 9.37. The average Bonchev–Trinajstić information content (AvgIpc) is 2.80. The van der Waals surface area contributed by atoms with E-state index in [2.05, 4.69) is 4.98 Å². The molecule has 0 aliphatic carbocycles. The van der Waals surface area contributed by atoms with Crippen molar-refractivity contribution in [2.75, 3.05) is 18.0 Å². The second-order valence-electron chi connectivity index (χ2n) is 4.06. The van der Waals surface area contributed by atoms with Crippen LogP contribution in [-0.4, -0.2) is 29.1 Å². The molecule has 2 rings (SSSR count). The summed E-state index contributed by atoms with van der Waals surface area (Å²) in [4.78, 5) is 15.9. The van der Waals surface area contributed by atoms with E-state index in [4.69, 9.17) is 5.11 Å². The quantitative estimate of drug-likeness (QED) is 0.887. The SMILES string of the molecule is O=C(O)c1ccc(N2CCCC2)nc1C(F)(F)F. The summed E-state index contributed by atoms with van der Waals surface area (Å²) in [6, 6.07) is 2.29. The molecule has 0 bridgehead atoms. The van der Waals surface area contributed by atoms with E-state index < -0.39 is 23.4 Å². The Morgan fingerprint density at radius 2 is 1.89 bits per heavy atom. The maximum absolute atomic E-state index is 12.7. The van der Waals surface area contributed by atoms with Crippen molar-refractivity contribution in [1.82, 2.24) is 4.98 Å². The minimum atomic E-state index is -4.76. The Balaban J connectivity index is 2.45. The molecule has 1 aromatic rings. The number of halogens is 3. The first-order valence-corrected chi connectivity index (χ1v) is 5.46. The van der Waals surface area contributed by atoms with Gasteiger partial charge in [-0.15, -0.1) is 0 Å². The van der Waals surface area contributed by atoms with Gasteiger partial charge >= 0.3 is 12.1 Å². The summed E-state index contributed by atoms with van der Waals surface area (Å²) in [6.07, 6.45) is -2.95. The number of aromatic nitrogens is 1. The molecule has 2 heterocycles. The Labute approximate surface area is 101 Å². The van der Waals surface area contributed by atoms with Crippen LogP contribution in [0.3, 0.4) is 0 Å². The Morgan fingerprint density at radius 3 is 2.39 bits per heavy atom. The molecule has 1 fully saturated rings. The number of carbonyl (C=O) groups is 1. The summed E-state index contributed by atoms with van der Waals surface area (Å²) in [7, 11) is 0. The van der Waals surface area contributed by atoms with Crippen LogP contribution in [0.15, 0.2) is 12.1 Å². The zero-order valence-electron chi connectivity index (χ0n) is 9.37. The minimum absolute atomic E-state index is 0.185. The molecule has 0 amide bonds. The number of hydrogen-bond acceptors (Lipinski definition) is 3. The van der Waals surface area contributed by atoms with Crippen molar-refractivity contribution in [3.05, 3.63) is 23.4 Å². The van der Waals surface area contributed by atoms with Gasteiger partial charge < -0.3 is 10.0 Å². The summed E-state index contributed by atoms with van der Waals surface area (Å²) >= 11 is 0. The molecule has 0 unspecified atom stereocenters. The maximum atomic E-state index is 12.7. The van der Waals surface area contributed by atoms with Gasteiger partial charge in [0.15, 0.2) is 5.69 Å². The van der Waals surface area contributed by atoms with Gasteiger partial charge in [0.1, 0.15) is 5.82 Å². The fourth-order valence-corrected chi connectivity index (χ4v) is 1.96. The summed E-state index contributed by atoms with van der Waals surface area (Å²) in [6.45, 7) is 1.30. The van der Waals surface area contributed by atoms with E-state index in [1.54, 1.807) is 4.90 Å². The van der Waals surface area contributed by atoms with Crippen LogP contribution >= 0.6 is 0 Å². The first-order valence-electron chi connectivity index (χ1n) is 5.46. The molecule has 0 radical (unpaired) electrons. The average molecular weight is 260 g/mol. The highest BCUT2D eigenvalue weighted by Crippen LogP contribution is 2.32. The highest BCUT2D eigenvalue weighted by Gasteiger charge is 2.38.